The van der Waals surface area contributed by atoms with Crippen molar-refractivity contribution in [3.05, 3.63) is 30.0 Å². The van der Waals surface area contributed by atoms with Crippen LogP contribution in [0.3, 0.4) is 0 Å². The molecular formula is C21H30N4O4S. The van der Waals surface area contributed by atoms with E-state index in [0.29, 0.717) is 28.8 Å². The van der Waals surface area contributed by atoms with Crippen LogP contribution in [0.25, 0.3) is 11.3 Å². The number of hydrogen-bond acceptors (Lipinski definition) is 5. The average Bonchev–Trinajstić information content (AvgIpc) is 3.21. The van der Waals surface area contributed by atoms with Crippen molar-refractivity contribution >= 4 is 15.9 Å². The normalized spacial score (nSPS) is 21.9. The predicted molar refractivity (Wildman–Crippen MR) is 115 cm³/mol. The molecule has 0 aliphatic heterocycles. The van der Waals surface area contributed by atoms with Gasteiger partial charge in [0.1, 0.15) is 16.3 Å². The molecule has 1 saturated carbocycles. The number of aromatic nitrogens is 2. The summed E-state index contributed by atoms with van der Waals surface area (Å²) < 4.78 is 32.7. The summed E-state index contributed by atoms with van der Waals surface area (Å²) in [5.74, 6) is 1.05. The summed E-state index contributed by atoms with van der Waals surface area (Å²) >= 11 is 0. The molecule has 0 unspecified atom stereocenters. The maximum atomic E-state index is 12.7. The number of rotatable bonds is 7. The van der Waals surface area contributed by atoms with Crippen LogP contribution >= 0.6 is 0 Å². The largest absolute Gasteiger partial charge is 0.495 e. The number of ether oxygens (including phenoxy) is 1. The number of nitrogens with one attached hydrogen (secondary N) is 3. The molecule has 2 aromatic rings. The molecule has 3 N–H and O–H groups in total. The Hall–Kier alpha value is -2.39. The van der Waals surface area contributed by atoms with E-state index in [1.54, 1.807) is 25.1 Å². The van der Waals surface area contributed by atoms with Crippen molar-refractivity contribution in [3.63, 3.8) is 0 Å². The zero-order valence-corrected chi connectivity index (χ0v) is 18.7. The van der Waals surface area contributed by atoms with E-state index < -0.39 is 10.0 Å². The Balaban J connectivity index is 1.83. The van der Waals surface area contributed by atoms with Gasteiger partial charge in [-0.1, -0.05) is 33.6 Å². The van der Waals surface area contributed by atoms with Crippen LogP contribution in [0.4, 0.5) is 0 Å². The highest BCUT2D eigenvalue weighted by atomic mass is 32.2. The Kier molecular flexibility index (Phi) is 6.82. The van der Waals surface area contributed by atoms with Gasteiger partial charge in [0.2, 0.25) is 10.0 Å². The minimum atomic E-state index is -3.72. The van der Waals surface area contributed by atoms with Crippen molar-refractivity contribution < 1.29 is 17.9 Å². The summed E-state index contributed by atoms with van der Waals surface area (Å²) in [7, 11) is -2.30. The molecule has 0 radical (unpaired) electrons. The maximum Gasteiger partial charge on any atom is 0.269 e. The van der Waals surface area contributed by atoms with Gasteiger partial charge in [-0.05, 0) is 42.5 Å². The summed E-state index contributed by atoms with van der Waals surface area (Å²) in [5.41, 5.74) is 1.41. The number of carbonyl (C=O) groups is 1. The zero-order chi connectivity index (χ0) is 21.9. The number of nitrogens with zero attached hydrogens (tertiary/aromatic N) is 1. The van der Waals surface area contributed by atoms with Crippen LogP contribution in [0.5, 0.6) is 5.75 Å². The summed E-state index contributed by atoms with van der Waals surface area (Å²) in [4.78, 5) is 12.7. The summed E-state index contributed by atoms with van der Waals surface area (Å²) in [6.45, 7) is 6.37. The molecule has 1 aliphatic rings. The van der Waals surface area contributed by atoms with Crippen LogP contribution in [-0.2, 0) is 10.0 Å². The smallest absolute Gasteiger partial charge is 0.269 e. The second-order valence-electron chi connectivity index (χ2n) is 7.88. The molecule has 1 aliphatic carbocycles. The number of benzene rings is 1. The van der Waals surface area contributed by atoms with E-state index >= 15 is 0 Å². The number of aromatic amines is 1. The first-order chi connectivity index (χ1) is 14.3. The lowest BCUT2D eigenvalue weighted by Gasteiger charge is -2.34. The predicted octanol–water partition coefficient (Wildman–Crippen LogP) is 2.94. The molecule has 9 heteroatoms. The standard InChI is InChI=1S/C21H30N4O4S/c1-5-22-30(27,28)20-11-15(9-10-19(20)29-4)17-12-18(25-24-17)21(26)23-16-8-6-7-13(2)14(16)3/h9-14,16,22H,5-8H2,1-4H3,(H,23,26)(H,24,25)/t13-,14+,16-/m1/s1. The van der Waals surface area contributed by atoms with E-state index in [-0.39, 0.29) is 29.1 Å². The second kappa shape index (κ2) is 9.18. The first-order valence-electron chi connectivity index (χ1n) is 10.3. The van der Waals surface area contributed by atoms with Gasteiger partial charge in [0.05, 0.1) is 12.8 Å². The summed E-state index contributed by atoms with van der Waals surface area (Å²) in [5, 5.41) is 10.1. The molecule has 1 heterocycles. The lowest BCUT2D eigenvalue weighted by Crippen LogP contribution is -2.43. The molecule has 0 bridgehead atoms. The van der Waals surface area contributed by atoms with Crippen LogP contribution in [-0.4, -0.2) is 44.2 Å². The Labute approximate surface area is 177 Å². The fourth-order valence-corrected chi connectivity index (χ4v) is 5.17. The number of H-pyrrole nitrogens is 1. The SMILES string of the molecule is CCNS(=O)(=O)c1cc(-c2cc(C(=O)N[C@@H]3CCC[C@@H](C)[C@@H]3C)[nH]n2)ccc1OC. The first-order valence-corrected chi connectivity index (χ1v) is 11.8. The van der Waals surface area contributed by atoms with Crippen LogP contribution in [0.1, 0.15) is 50.5 Å². The van der Waals surface area contributed by atoms with Crippen molar-refractivity contribution in [1.82, 2.24) is 20.2 Å². The van der Waals surface area contributed by atoms with Crippen molar-refractivity contribution in [3.8, 4) is 17.0 Å². The molecule has 8 nitrogen and oxygen atoms in total. The van der Waals surface area contributed by atoms with E-state index in [0.717, 1.165) is 12.8 Å². The lowest BCUT2D eigenvalue weighted by atomic mass is 9.78. The van der Waals surface area contributed by atoms with Crippen molar-refractivity contribution in [2.45, 2.75) is 51.0 Å². The van der Waals surface area contributed by atoms with E-state index in [1.165, 1.54) is 19.6 Å². The fourth-order valence-electron chi connectivity index (χ4n) is 3.93. The van der Waals surface area contributed by atoms with E-state index in [2.05, 4.69) is 34.1 Å². The third kappa shape index (κ3) is 4.67. The molecule has 1 aromatic carbocycles. The number of sulfonamides is 1. The van der Waals surface area contributed by atoms with Gasteiger partial charge in [0.25, 0.3) is 5.91 Å². The molecule has 0 spiro atoms. The highest BCUT2D eigenvalue weighted by Crippen LogP contribution is 2.31. The van der Waals surface area contributed by atoms with Crippen molar-refractivity contribution in [2.75, 3.05) is 13.7 Å². The molecule has 0 saturated heterocycles. The topological polar surface area (TPSA) is 113 Å². The average molecular weight is 435 g/mol. The highest BCUT2D eigenvalue weighted by molar-refractivity contribution is 7.89. The Morgan fingerprint density at radius 1 is 1.27 bits per heavy atom. The zero-order valence-electron chi connectivity index (χ0n) is 17.9. The Bertz CT molecular complexity index is 1000. The van der Waals surface area contributed by atoms with Gasteiger partial charge in [-0.15, -0.1) is 0 Å². The van der Waals surface area contributed by atoms with Crippen molar-refractivity contribution in [1.29, 1.82) is 0 Å². The molecule has 1 aromatic heterocycles. The molecule has 1 fully saturated rings. The van der Waals surface area contributed by atoms with Crippen LogP contribution in [0.15, 0.2) is 29.2 Å². The van der Waals surface area contributed by atoms with Crippen LogP contribution < -0.4 is 14.8 Å². The number of carbonyl (C=O) groups excluding carboxylic acids is 1. The number of methoxy groups -OCH3 is 1. The molecule has 164 valence electrons. The summed E-state index contributed by atoms with van der Waals surface area (Å²) in [6.07, 6.45) is 3.28. The highest BCUT2D eigenvalue weighted by Gasteiger charge is 2.29. The van der Waals surface area contributed by atoms with E-state index in [4.69, 9.17) is 4.74 Å². The third-order valence-electron chi connectivity index (χ3n) is 5.93. The number of amides is 1. The minimum absolute atomic E-state index is 0.0309. The fraction of sp³-hybridized carbons (Fsp3) is 0.524. The summed E-state index contributed by atoms with van der Waals surface area (Å²) in [6, 6.07) is 6.58. The Morgan fingerprint density at radius 3 is 2.73 bits per heavy atom. The Morgan fingerprint density at radius 2 is 2.03 bits per heavy atom. The van der Waals surface area contributed by atoms with Gasteiger partial charge in [-0.25, -0.2) is 13.1 Å². The van der Waals surface area contributed by atoms with Gasteiger partial charge in [0, 0.05) is 18.2 Å². The maximum absolute atomic E-state index is 12.7. The molecule has 1 amide bonds. The quantitative estimate of drug-likeness (QED) is 0.620. The van der Waals surface area contributed by atoms with Gasteiger partial charge >= 0.3 is 0 Å². The third-order valence-corrected chi connectivity index (χ3v) is 7.50. The minimum Gasteiger partial charge on any atom is -0.495 e. The van der Waals surface area contributed by atoms with Crippen LogP contribution in [0.2, 0.25) is 0 Å². The van der Waals surface area contributed by atoms with Crippen LogP contribution in [0, 0.1) is 11.8 Å². The molecule has 3 atom stereocenters. The molecule has 3 rings (SSSR count). The first kappa shape index (κ1) is 22.3. The van der Waals surface area contributed by atoms with Gasteiger partial charge in [-0.3, -0.25) is 9.89 Å². The number of hydrogen-bond donors (Lipinski definition) is 3. The van der Waals surface area contributed by atoms with Gasteiger partial charge in [0.15, 0.2) is 0 Å². The van der Waals surface area contributed by atoms with Gasteiger partial charge in [-0.2, -0.15) is 5.10 Å². The lowest BCUT2D eigenvalue weighted by molar-refractivity contribution is 0.0886. The van der Waals surface area contributed by atoms with E-state index in [1.807, 2.05) is 0 Å². The molecule has 30 heavy (non-hydrogen) atoms. The van der Waals surface area contributed by atoms with Gasteiger partial charge < -0.3 is 10.1 Å². The van der Waals surface area contributed by atoms with Crippen molar-refractivity contribution in [2.24, 2.45) is 11.8 Å². The molecular weight excluding hydrogens is 404 g/mol. The second-order valence-corrected chi connectivity index (χ2v) is 9.62. The van der Waals surface area contributed by atoms with E-state index in [9.17, 15) is 13.2 Å². The monoisotopic (exact) mass is 434 g/mol.